The Morgan fingerprint density at radius 1 is 1.40 bits per heavy atom. The summed E-state index contributed by atoms with van der Waals surface area (Å²) in [5, 5.41) is 0. The third kappa shape index (κ3) is 1.73. The van der Waals surface area contributed by atoms with E-state index in [0.29, 0.717) is 10.8 Å². The lowest BCUT2D eigenvalue weighted by Crippen LogP contribution is -2.30. The summed E-state index contributed by atoms with van der Waals surface area (Å²) in [6, 6.07) is 0.197. The van der Waals surface area contributed by atoms with Gasteiger partial charge >= 0.3 is 0 Å². The third-order valence-corrected chi connectivity index (χ3v) is 4.40. The monoisotopic (exact) mass is 209 g/mol. The van der Waals surface area contributed by atoms with Crippen molar-refractivity contribution in [2.45, 2.75) is 46.6 Å². The third-order valence-electron chi connectivity index (χ3n) is 4.40. The van der Waals surface area contributed by atoms with Crippen LogP contribution in [0, 0.1) is 16.7 Å². The molecule has 1 saturated carbocycles. The van der Waals surface area contributed by atoms with Crippen molar-refractivity contribution >= 4 is 6.29 Å². The van der Waals surface area contributed by atoms with Crippen molar-refractivity contribution in [3.63, 3.8) is 0 Å². The van der Waals surface area contributed by atoms with Crippen molar-refractivity contribution in [1.29, 1.82) is 0 Å². The molecule has 2 heteroatoms. The summed E-state index contributed by atoms with van der Waals surface area (Å²) in [6.07, 6.45) is 3.58. The highest BCUT2D eigenvalue weighted by Crippen LogP contribution is 2.66. The standard InChI is InChI=1S/C13H23NO/c1-5-14-9-13(6-10(14)8-15)7-11(13)12(2,3)4/h8,10-11H,5-7,9H2,1-4H3/t10-,11?,13+/m0/s1. The molecule has 0 amide bonds. The van der Waals surface area contributed by atoms with Gasteiger partial charge in [-0.3, -0.25) is 4.90 Å². The normalized spacial score (nSPS) is 41.1. The lowest BCUT2D eigenvalue weighted by atomic mass is 9.84. The number of likely N-dealkylation sites (tertiary alicyclic amines) is 1. The molecular weight excluding hydrogens is 186 g/mol. The molecule has 0 aromatic heterocycles. The number of carbonyl (C=O) groups excluding carboxylic acids is 1. The number of rotatable bonds is 2. The molecule has 1 aliphatic heterocycles. The summed E-state index contributed by atoms with van der Waals surface area (Å²) >= 11 is 0. The molecule has 0 bridgehead atoms. The summed E-state index contributed by atoms with van der Waals surface area (Å²) in [5.74, 6) is 0.823. The number of carbonyl (C=O) groups is 1. The molecule has 1 heterocycles. The second-order valence-corrected chi connectivity index (χ2v) is 6.46. The van der Waals surface area contributed by atoms with Crippen LogP contribution in [0.4, 0.5) is 0 Å². The minimum absolute atomic E-state index is 0.197. The zero-order chi connectivity index (χ0) is 11.3. The zero-order valence-electron chi connectivity index (χ0n) is 10.4. The van der Waals surface area contributed by atoms with Gasteiger partial charge in [-0.05, 0) is 36.1 Å². The summed E-state index contributed by atoms with van der Waals surface area (Å²) in [6.45, 7) is 11.3. The molecule has 2 fully saturated rings. The molecule has 1 saturated heterocycles. The fraction of sp³-hybridized carbons (Fsp3) is 0.923. The number of aldehydes is 1. The van der Waals surface area contributed by atoms with E-state index in [1.807, 2.05) is 0 Å². The van der Waals surface area contributed by atoms with Crippen LogP contribution in [0.5, 0.6) is 0 Å². The van der Waals surface area contributed by atoms with Gasteiger partial charge in [0.1, 0.15) is 6.29 Å². The fourth-order valence-electron chi connectivity index (χ4n) is 3.59. The predicted molar refractivity (Wildman–Crippen MR) is 61.7 cm³/mol. The Labute approximate surface area is 93.0 Å². The first-order valence-electron chi connectivity index (χ1n) is 6.12. The van der Waals surface area contributed by atoms with Crippen LogP contribution >= 0.6 is 0 Å². The van der Waals surface area contributed by atoms with Gasteiger partial charge in [0, 0.05) is 6.54 Å². The van der Waals surface area contributed by atoms with E-state index in [1.165, 1.54) is 6.42 Å². The number of hydrogen-bond donors (Lipinski definition) is 0. The van der Waals surface area contributed by atoms with Crippen molar-refractivity contribution in [2.75, 3.05) is 13.1 Å². The minimum atomic E-state index is 0.197. The Kier molecular flexibility index (Phi) is 2.45. The topological polar surface area (TPSA) is 20.3 Å². The first-order valence-corrected chi connectivity index (χ1v) is 6.12. The van der Waals surface area contributed by atoms with Gasteiger partial charge in [-0.1, -0.05) is 27.7 Å². The van der Waals surface area contributed by atoms with Crippen molar-refractivity contribution in [2.24, 2.45) is 16.7 Å². The van der Waals surface area contributed by atoms with E-state index >= 15 is 0 Å². The Morgan fingerprint density at radius 3 is 2.40 bits per heavy atom. The van der Waals surface area contributed by atoms with E-state index in [2.05, 4.69) is 32.6 Å². The molecule has 86 valence electrons. The average Bonchev–Trinajstić information content (AvgIpc) is 2.71. The second kappa shape index (κ2) is 3.31. The van der Waals surface area contributed by atoms with Crippen molar-refractivity contribution in [3.05, 3.63) is 0 Å². The van der Waals surface area contributed by atoms with Gasteiger partial charge in [-0.2, -0.15) is 0 Å². The average molecular weight is 209 g/mol. The zero-order valence-corrected chi connectivity index (χ0v) is 10.4. The first kappa shape index (κ1) is 11.1. The van der Waals surface area contributed by atoms with Gasteiger partial charge in [0.05, 0.1) is 6.04 Å². The summed E-state index contributed by atoms with van der Waals surface area (Å²) < 4.78 is 0. The maximum Gasteiger partial charge on any atom is 0.137 e. The molecule has 1 spiro atoms. The largest absolute Gasteiger partial charge is 0.302 e. The smallest absolute Gasteiger partial charge is 0.137 e. The molecule has 2 rings (SSSR count). The van der Waals surface area contributed by atoms with Crippen LogP contribution in [0.2, 0.25) is 0 Å². The maximum atomic E-state index is 11.0. The van der Waals surface area contributed by atoms with Crippen LogP contribution in [0.25, 0.3) is 0 Å². The minimum Gasteiger partial charge on any atom is -0.302 e. The Bertz CT molecular complexity index is 268. The lowest BCUT2D eigenvalue weighted by Gasteiger charge is -2.22. The van der Waals surface area contributed by atoms with Gasteiger partial charge in [0.25, 0.3) is 0 Å². The molecule has 1 aliphatic carbocycles. The molecule has 0 aromatic rings. The van der Waals surface area contributed by atoms with Gasteiger partial charge in [-0.25, -0.2) is 0 Å². The van der Waals surface area contributed by atoms with Crippen LogP contribution in [0.15, 0.2) is 0 Å². The fourth-order valence-corrected chi connectivity index (χ4v) is 3.59. The molecule has 2 aliphatic rings. The van der Waals surface area contributed by atoms with E-state index < -0.39 is 0 Å². The Morgan fingerprint density at radius 2 is 2.07 bits per heavy atom. The molecule has 1 unspecified atom stereocenters. The molecule has 0 N–H and O–H groups in total. The van der Waals surface area contributed by atoms with E-state index in [9.17, 15) is 4.79 Å². The van der Waals surface area contributed by atoms with E-state index in [-0.39, 0.29) is 6.04 Å². The molecule has 0 aromatic carbocycles. The summed E-state index contributed by atoms with van der Waals surface area (Å²) in [7, 11) is 0. The highest BCUT2D eigenvalue weighted by atomic mass is 16.1. The highest BCUT2D eigenvalue weighted by Gasteiger charge is 2.62. The quantitative estimate of drug-likeness (QED) is 0.651. The van der Waals surface area contributed by atoms with Crippen LogP contribution in [0.1, 0.15) is 40.5 Å². The number of likely N-dealkylation sites (N-methyl/N-ethyl adjacent to an activating group) is 1. The van der Waals surface area contributed by atoms with Gasteiger partial charge in [-0.15, -0.1) is 0 Å². The predicted octanol–water partition coefficient (Wildman–Crippen LogP) is 2.33. The molecule has 0 radical (unpaired) electrons. The molecular formula is C13H23NO. The first-order chi connectivity index (χ1) is 6.93. The summed E-state index contributed by atoms with van der Waals surface area (Å²) in [4.78, 5) is 13.4. The molecule has 3 atom stereocenters. The Hall–Kier alpha value is -0.370. The van der Waals surface area contributed by atoms with E-state index in [0.717, 1.165) is 31.7 Å². The SMILES string of the molecule is CCN1C[C@]2(CC2C(C)(C)C)C[C@H]1C=O. The number of hydrogen-bond acceptors (Lipinski definition) is 2. The highest BCUT2D eigenvalue weighted by molar-refractivity contribution is 5.59. The lowest BCUT2D eigenvalue weighted by molar-refractivity contribution is -0.111. The molecule has 2 nitrogen and oxygen atoms in total. The van der Waals surface area contributed by atoms with Gasteiger partial charge in [0.2, 0.25) is 0 Å². The van der Waals surface area contributed by atoms with Gasteiger partial charge < -0.3 is 4.79 Å². The van der Waals surface area contributed by atoms with Crippen molar-refractivity contribution in [3.8, 4) is 0 Å². The van der Waals surface area contributed by atoms with Crippen LogP contribution in [0.3, 0.4) is 0 Å². The van der Waals surface area contributed by atoms with Crippen molar-refractivity contribution in [1.82, 2.24) is 4.90 Å². The summed E-state index contributed by atoms with van der Waals surface area (Å²) in [5.41, 5.74) is 0.900. The van der Waals surface area contributed by atoms with E-state index in [4.69, 9.17) is 0 Å². The maximum absolute atomic E-state index is 11.0. The van der Waals surface area contributed by atoms with Crippen LogP contribution in [-0.2, 0) is 4.79 Å². The van der Waals surface area contributed by atoms with E-state index in [1.54, 1.807) is 0 Å². The van der Waals surface area contributed by atoms with Gasteiger partial charge in [0.15, 0.2) is 0 Å². The number of nitrogens with zero attached hydrogens (tertiary/aromatic N) is 1. The van der Waals surface area contributed by atoms with Crippen LogP contribution in [-0.4, -0.2) is 30.3 Å². The Balaban J connectivity index is 2.07. The van der Waals surface area contributed by atoms with Crippen molar-refractivity contribution < 1.29 is 4.79 Å². The second-order valence-electron chi connectivity index (χ2n) is 6.46. The van der Waals surface area contributed by atoms with Crippen LogP contribution < -0.4 is 0 Å². The molecule has 15 heavy (non-hydrogen) atoms.